The number of thiophene rings is 1. The zero-order valence-corrected chi connectivity index (χ0v) is 14.7. The topological polar surface area (TPSA) is 50.4 Å². The Kier molecular flexibility index (Phi) is 6.87. The van der Waals surface area contributed by atoms with Gasteiger partial charge in [-0.2, -0.15) is 11.3 Å². The summed E-state index contributed by atoms with van der Waals surface area (Å²) in [5.74, 6) is -0.0987. The van der Waals surface area contributed by atoms with Crippen LogP contribution in [0.3, 0.4) is 0 Å². The Bertz CT molecular complexity index is 614. The summed E-state index contributed by atoms with van der Waals surface area (Å²) in [7, 11) is 0. The summed E-state index contributed by atoms with van der Waals surface area (Å²) in [5.41, 5.74) is 2.06. The first-order chi connectivity index (χ1) is 10.7. The summed E-state index contributed by atoms with van der Waals surface area (Å²) in [6, 6.07) is 9.36. The van der Waals surface area contributed by atoms with Crippen molar-refractivity contribution in [2.75, 3.05) is 19.7 Å². The van der Waals surface area contributed by atoms with Gasteiger partial charge in [0.15, 0.2) is 0 Å². The van der Waals surface area contributed by atoms with Gasteiger partial charge in [0.25, 0.3) is 5.91 Å². The van der Waals surface area contributed by atoms with E-state index in [1.54, 1.807) is 11.3 Å². The summed E-state index contributed by atoms with van der Waals surface area (Å²) >= 11 is 7.56. The molecular weight excluding hydrogens is 355 g/mol. The van der Waals surface area contributed by atoms with Gasteiger partial charge >= 0.3 is 0 Å². The number of hydrogen-bond donors (Lipinski definition) is 2. The molecule has 1 amide bonds. The highest BCUT2D eigenvalue weighted by molar-refractivity contribution is 7.08. The molecule has 4 nitrogen and oxygen atoms in total. The molecule has 0 saturated carbocycles. The second kappa shape index (κ2) is 8.66. The lowest BCUT2D eigenvalue weighted by Crippen LogP contribution is -2.48. The summed E-state index contributed by atoms with van der Waals surface area (Å²) < 4.78 is 5.52. The molecule has 0 bridgehead atoms. The first-order valence-electron chi connectivity index (χ1n) is 7.14. The van der Waals surface area contributed by atoms with Crippen molar-refractivity contribution in [2.45, 2.75) is 12.1 Å². The van der Waals surface area contributed by atoms with Crippen molar-refractivity contribution in [1.29, 1.82) is 0 Å². The predicted octanol–water partition coefficient (Wildman–Crippen LogP) is 3.02. The number of amides is 1. The van der Waals surface area contributed by atoms with Gasteiger partial charge in [-0.05, 0) is 40.1 Å². The number of benzene rings is 1. The van der Waals surface area contributed by atoms with Crippen molar-refractivity contribution in [3.05, 3.63) is 57.2 Å². The number of morpholine rings is 1. The van der Waals surface area contributed by atoms with Gasteiger partial charge in [0.05, 0.1) is 12.6 Å². The van der Waals surface area contributed by atoms with E-state index in [1.807, 2.05) is 41.1 Å². The standard InChI is InChI=1S/C16H17ClN2O2S.ClH/c17-13-3-1-11(2-4-13)15(12-5-8-22-10-12)19-16(20)14-9-18-6-7-21-14;/h1-5,8,10,14-15,18H,6-7,9H2,(H,19,20);1H. The van der Waals surface area contributed by atoms with E-state index >= 15 is 0 Å². The van der Waals surface area contributed by atoms with Crippen LogP contribution >= 0.6 is 35.3 Å². The fourth-order valence-electron chi connectivity index (χ4n) is 2.42. The molecule has 1 aliphatic rings. The second-order valence-electron chi connectivity index (χ2n) is 5.11. The Labute approximate surface area is 150 Å². The van der Waals surface area contributed by atoms with E-state index in [4.69, 9.17) is 16.3 Å². The van der Waals surface area contributed by atoms with Crippen molar-refractivity contribution >= 4 is 41.3 Å². The smallest absolute Gasteiger partial charge is 0.251 e. The zero-order valence-electron chi connectivity index (χ0n) is 12.3. The van der Waals surface area contributed by atoms with Crippen molar-refractivity contribution in [1.82, 2.24) is 10.6 Å². The van der Waals surface area contributed by atoms with E-state index in [2.05, 4.69) is 10.6 Å². The molecule has 0 spiro atoms. The number of carbonyl (C=O) groups is 1. The first kappa shape index (κ1) is 18.2. The lowest BCUT2D eigenvalue weighted by atomic mass is 10.0. The quantitative estimate of drug-likeness (QED) is 0.866. The van der Waals surface area contributed by atoms with Crippen molar-refractivity contribution < 1.29 is 9.53 Å². The number of hydrogen-bond acceptors (Lipinski definition) is 4. The van der Waals surface area contributed by atoms with Crippen molar-refractivity contribution in [3.8, 4) is 0 Å². The van der Waals surface area contributed by atoms with Crippen LogP contribution in [0.25, 0.3) is 0 Å². The van der Waals surface area contributed by atoms with Crippen LogP contribution in [-0.2, 0) is 9.53 Å². The maximum absolute atomic E-state index is 12.4. The highest BCUT2D eigenvalue weighted by Gasteiger charge is 2.25. The van der Waals surface area contributed by atoms with Crippen molar-refractivity contribution in [2.24, 2.45) is 0 Å². The summed E-state index contributed by atoms with van der Waals surface area (Å²) in [6.07, 6.45) is -0.442. The Morgan fingerprint density at radius 2 is 2.09 bits per heavy atom. The Morgan fingerprint density at radius 1 is 1.30 bits per heavy atom. The Hall–Kier alpha value is -1.11. The van der Waals surface area contributed by atoms with Gasteiger partial charge in [0.1, 0.15) is 6.10 Å². The van der Waals surface area contributed by atoms with E-state index < -0.39 is 6.10 Å². The molecule has 2 atom stereocenters. The molecule has 1 aromatic heterocycles. The van der Waals surface area contributed by atoms with Gasteiger partial charge in [-0.15, -0.1) is 12.4 Å². The van der Waals surface area contributed by atoms with Crippen LogP contribution in [0.5, 0.6) is 0 Å². The molecule has 23 heavy (non-hydrogen) atoms. The predicted molar refractivity (Wildman–Crippen MR) is 95.6 cm³/mol. The minimum absolute atomic E-state index is 0. The van der Waals surface area contributed by atoms with Crippen LogP contribution in [0.15, 0.2) is 41.1 Å². The van der Waals surface area contributed by atoms with E-state index in [0.717, 1.165) is 17.7 Å². The van der Waals surface area contributed by atoms with E-state index in [1.165, 1.54) is 0 Å². The van der Waals surface area contributed by atoms with Gasteiger partial charge in [-0.25, -0.2) is 0 Å². The fraction of sp³-hybridized carbons (Fsp3) is 0.312. The third-order valence-corrected chi connectivity index (χ3v) is 4.54. The third kappa shape index (κ3) is 4.68. The third-order valence-electron chi connectivity index (χ3n) is 3.59. The lowest BCUT2D eigenvalue weighted by molar-refractivity contribution is -0.134. The SMILES string of the molecule is Cl.O=C(NC(c1ccc(Cl)cc1)c1ccsc1)C1CNCCO1. The number of halogens is 2. The molecule has 124 valence electrons. The van der Waals surface area contributed by atoms with Crippen LogP contribution < -0.4 is 10.6 Å². The molecule has 7 heteroatoms. The molecule has 1 saturated heterocycles. The maximum atomic E-state index is 12.4. The monoisotopic (exact) mass is 372 g/mol. The molecule has 1 aromatic carbocycles. The van der Waals surface area contributed by atoms with E-state index in [0.29, 0.717) is 18.2 Å². The molecule has 1 fully saturated rings. The molecule has 0 radical (unpaired) electrons. The van der Waals surface area contributed by atoms with E-state index in [-0.39, 0.29) is 24.4 Å². The normalized spacial score (nSPS) is 18.7. The molecule has 2 aromatic rings. The van der Waals surface area contributed by atoms with Crippen LogP contribution in [0.4, 0.5) is 0 Å². The second-order valence-corrected chi connectivity index (χ2v) is 6.33. The van der Waals surface area contributed by atoms with Gasteiger partial charge in [-0.3, -0.25) is 4.79 Å². The average molecular weight is 373 g/mol. The number of carbonyl (C=O) groups excluding carboxylic acids is 1. The number of rotatable bonds is 4. The molecular formula is C16H18Cl2N2O2S. The summed E-state index contributed by atoms with van der Waals surface area (Å²) in [4.78, 5) is 12.4. The summed E-state index contributed by atoms with van der Waals surface area (Å²) in [6.45, 7) is 1.89. The molecule has 2 heterocycles. The minimum Gasteiger partial charge on any atom is -0.366 e. The molecule has 2 unspecified atom stereocenters. The molecule has 2 N–H and O–H groups in total. The summed E-state index contributed by atoms with van der Waals surface area (Å²) in [5, 5.41) is 11.0. The van der Waals surface area contributed by atoms with Crippen LogP contribution in [0.2, 0.25) is 5.02 Å². The molecule has 0 aliphatic carbocycles. The minimum atomic E-state index is -0.442. The van der Waals surface area contributed by atoms with Gasteiger partial charge < -0.3 is 15.4 Å². The lowest BCUT2D eigenvalue weighted by Gasteiger charge is -2.26. The Morgan fingerprint density at radius 3 is 2.70 bits per heavy atom. The largest absolute Gasteiger partial charge is 0.366 e. The molecule has 1 aliphatic heterocycles. The van der Waals surface area contributed by atoms with E-state index in [9.17, 15) is 4.79 Å². The van der Waals surface area contributed by atoms with Crippen LogP contribution in [0, 0.1) is 0 Å². The van der Waals surface area contributed by atoms with Crippen LogP contribution in [-0.4, -0.2) is 31.7 Å². The van der Waals surface area contributed by atoms with Gasteiger partial charge in [0.2, 0.25) is 0 Å². The molecule has 3 rings (SSSR count). The first-order valence-corrected chi connectivity index (χ1v) is 8.46. The maximum Gasteiger partial charge on any atom is 0.251 e. The highest BCUT2D eigenvalue weighted by atomic mass is 35.5. The van der Waals surface area contributed by atoms with Gasteiger partial charge in [-0.1, -0.05) is 23.7 Å². The van der Waals surface area contributed by atoms with Gasteiger partial charge in [0, 0.05) is 18.1 Å². The van der Waals surface area contributed by atoms with Crippen molar-refractivity contribution in [3.63, 3.8) is 0 Å². The zero-order chi connectivity index (χ0) is 15.4. The fourth-order valence-corrected chi connectivity index (χ4v) is 3.23. The highest BCUT2D eigenvalue weighted by Crippen LogP contribution is 2.25. The van der Waals surface area contributed by atoms with Crippen LogP contribution in [0.1, 0.15) is 17.2 Å². The number of ether oxygens (including phenoxy) is 1. The Balaban J connectivity index is 0.00000192. The average Bonchev–Trinajstić information content (AvgIpc) is 3.08. The number of nitrogens with one attached hydrogen (secondary N) is 2.